The first-order chi connectivity index (χ1) is 9.77. The van der Waals surface area contributed by atoms with Crippen molar-refractivity contribution >= 4 is 31.9 Å². The zero-order valence-corrected chi connectivity index (χ0v) is 14.0. The van der Waals surface area contributed by atoms with Crippen LogP contribution >= 0.6 is 15.9 Å². The van der Waals surface area contributed by atoms with Crippen LogP contribution in [0.25, 0.3) is 0 Å². The van der Waals surface area contributed by atoms with E-state index in [1.165, 1.54) is 18.2 Å². The molecule has 0 aliphatic heterocycles. The van der Waals surface area contributed by atoms with E-state index in [4.69, 9.17) is 9.88 Å². The van der Waals surface area contributed by atoms with Crippen molar-refractivity contribution in [3.63, 3.8) is 0 Å². The summed E-state index contributed by atoms with van der Waals surface area (Å²) in [5.41, 5.74) is -0.0632. The van der Waals surface area contributed by atoms with Crippen molar-refractivity contribution in [3.8, 4) is 0 Å². The molecule has 0 spiro atoms. The molecular formula is C13H17BrN2O4S. The molecule has 2 rings (SSSR count). The average Bonchev–Trinajstić information content (AvgIpc) is 2.36. The summed E-state index contributed by atoms with van der Waals surface area (Å²) >= 11 is 3.24. The van der Waals surface area contributed by atoms with Crippen LogP contribution in [0.3, 0.4) is 0 Å². The second-order valence-corrected chi connectivity index (χ2v) is 7.53. The van der Waals surface area contributed by atoms with Crippen molar-refractivity contribution in [2.75, 3.05) is 13.7 Å². The summed E-state index contributed by atoms with van der Waals surface area (Å²) in [6.45, 7) is 0.397. The van der Waals surface area contributed by atoms with Gasteiger partial charge in [0.15, 0.2) is 0 Å². The molecule has 1 aliphatic carbocycles. The van der Waals surface area contributed by atoms with Crippen molar-refractivity contribution in [1.29, 1.82) is 0 Å². The summed E-state index contributed by atoms with van der Waals surface area (Å²) in [6.07, 6.45) is 2.89. The van der Waals surface area contributed by atoms with Crippen LogP contribution < -0.4 is 10.5 Å². The molecule has 0 heterocycles. The van der Waals surface area contributed by atoms with Crippen molar-refractivity contribution in [2.24, 2.45) is 5.14 Å². The van der Waals surface area contributed by atoms with Crippen LogP contribution in [0.5, 0.6) is 0 Å². The molecule has 116 valence electrons. The average molecular weight is 377 g/mol. The van der Waals surface area contributed by atoms with Crippen LogP contribution in [-0.2, 0) is 14.8 Å². The fraction of sp³-hybridized carbons (Fsp3) is 0.462. The van der Waals surface area contributed by atoms with Crippen molar-refractivity contribution in [1.82, 2.24) is 5.32 Å². The highest BCUT2D eigenvalue weighted by Crippen LogP contribution is 2.34. The van der Waals surface area contributed by atoms with Gasteiger partial charge in [-0.15, -0.1) is 0 Å². The molecule has 0 unspecified atom stereocenters. The van der Waals surface area contributed by atoms with Crippen molar-refractivity contribution in [3.05, 3.63) is 28.2 Å². The number of primary sulfonamides is 1. The van der Waals surface area contributed by atoms with E-state index >= 15 is 0 Å². The number of carbonyl (C=O) groups is 1. The Bertz CT molecular complexity index is 651. The van der Waals surface area contributed by atoms with Crippen LogP contribution in [0.4, 0.5) is 0 Å². The summed E-state index contributed by atoms with van der Waals surface area (Å²) in [7, 11) is -2.21. The summed E-state index contributed by atoms with van der Waals surface area (Å²) in [5, 5.41) is 7.86. The Hall–Kier alpha value is -0.960. The van der Waals surface area contributed by atoms with Gasteiger partial charge in [-0.25, -0.2) is 13.6 Å². The number of carbonyl (C=O) groups excluding carboxylic acids is 1. The maximum Gasteiger partial charge on any atom is 0.252 e. The van der Waals surface area contributed by atoms with Crippen LogP contribution in [-0.4, -0.2) is 33.6 Å². The van der Waals surface area contributed by atoms with Crippen LogP contribution in [0.2, 0.25) is 0 Å². The van der Waals surface area contributed by atoms with Gasteiger partial charge in [-0.3, -0.25) is 4.79 Å². The SMILES string of the molecule is COC1(CNC(=O)c2cc(S(N)(=O)=O)ccc2Br)CCC1. The number of sulfonamides is 1. The van der Waals surface area contributed by atoms with Gasteiger partial charge in [0.2, 0.25) is 10.0 Å². The smallest absolute Gasteiger partial charge is 0.252 e. The number of rotatable bonds is 5. The number of methoxy groups -OCH3 is 1. The lowest BCUT2D eigenvalue weighted by molar-refractivity contribution is -0.0679. The Balaban J connectivity index is 2.15. The van der Waals surface area contributed by atoms with E-state index in [0.29, 0.717) is 11.0 Å². The minimum absolute atomic E-state index is 0.0963. The lowest BCUT2D eigenvalue weighted by atomic mass is 9.80. The molecule has 1 aromatic carbocycles. The Morgan fingerprint density at radius 2 is 2.14 bits per heavy atom. The first-order valence-electron chi connectivity index (χ1n) is 6.43. The first-order valence-corrected chi connectivity index (χ1v) is 8.77. The number of nitrogens with one attached hydrogen (secondary N) is 1. The molecular weight excluding hydrogens is 360 g/mol. The Kier molecular flexibility index (Phi) is 4.72. The maximum atomic E-state index is 12.2. The summed E-state index contributed by atoms with van der Waals surface area (Å²) in [6, 6.07) is 4.10. The van der Waals surface area contributed by atoms with Gasteiger partial charge in [0.1, 0.15) is 0 Å². The predicted molar refractivity (Wildman–Crippen MR) is 81.4 cm³/mol. The third kappa shape index (κ3) is 3.63. The minimum atomic E-state index is -3.84. The van der Waals surface area contributed by atoms with E-state index in [2.05, 4.69) is 21.2 Å². The van der Waals surface area contributed by atoms with E-state index in [1.54, 1.807) is 7.11 Å². The fourth-order valence-corrected chi connectivity index (χ4v) is 3.18. The van der Waals surface area contributed by atoms with Gasteiger partial charge in [-0.05, 0) is 53.4 Å². The van der Waals surface area contributed by atoms with Gasteiger partial charge >= 0.3 is 0 Å². The summed E-state index contributed by atoms with van der Waals surface area (Å²) < 4.78 is 28.6. The Morgan fingerprint density at radius 3 is 2.62 bits per heavy atom. The molecule has 3 N–H and O–H groups in total. The van der Waals surface area contributed by atoms with Crippen LogP contribution in [0.15, 0.2) is 27.6 Å². The first kappa shape index (κ1) is 16.4. The highest BCUT2D eigenvalue weighted by molar-refractivity contribution is 9.10. The molecule has 6 nitrogen and oxygen atoms in total. The van der Waals surface area contributed by atoms with Gasteiger partial charge in [0.05, 0.1) is 16.1 Å². The molecule has 0 bridgehead atoms. The molecule has 1 saturated carbocycles. The predicted octanol–water partition coefficient (Wildman–Crippen LogP) is 1.40. The zero-order valence-electron chi connectivity index (χ0n) is 11.6. The number of halogens is 1. The fourth-order valence-electron chi connectivity index (χ4n) is 2.22. The Labute approximate surface area is 132 Å². The van der Waals surface area contributed by atoms with E-state index in [9.17, 15) is 13.2 Å². The molecule has 0 saturated heterocycles. The molecule has 0 atom stereocenters. The number of benzene rings is 1. The van der Waals surface area contributed by atoms with E-state index < -0.39 is 10.0 Å². The summed E-state index contributed by atoms with van der Waals surface area (Å²) in [4.78, 5) is 12.1. The molecule has 0 aromatic heterocycles. The largest absolute Gasteiger partial charge is 0.376 e. The normalized spacial score (nSPS) is 17.1. The topological polar surface area (TPSA) is 98.5 Å². The van der Waals surface area contributed by atoms with Crippen LogP contribution in [0, 0.1) is 0 Å². The lowest BCUT2D eigenvalue weighted by Gasteiger charge is -2.40. The van der Waals surface area contributed by atoms with E-state index in [0.717, 1.165) is 19.3 Å². The highest BCUT2D eigenvalue weighted by Gasteiger charge is 2.37. The number of nitrogens with two attached hydrogens (primary N) is 1. The third-order valence-electron chi connectivity index (χ3n) is 3.78. The van der Waals surface area contributed by atoms with E-state index in [-0.39, 0.29) is 22.0 Å². The monoisotopic (exact) mass is 376 g/mol. The number of ether oxygens (including phenoxy) is 1. The standard InChI is InChI=1S/C13H17BrN2O4S/c1-20-13(5-2-6-13)8-16-12(17)10-7-9(21(15,18)19)3-4-11(10)14/h3-4,7H,2,5-6,8H2,1H3,(H,16,17)(H2,15,18,19). The quantitative estimate of drug-likeness (QED) is 0.810. The maximum absolute atomic E-state index is 12.2. The molecule has 1 aromatic rings. The molecule has 21 heavy (non-hydrogen) atoms. The van der Waals surface area contributed by atoms with Gasteiger partial charge < -0.3 is 10.1 Å². The second-order valence-electron chi connectivity index (χ2n) is 5.11. The van der Waals surface area contributed by atoms with Gasteiger partial charge in [-0.2, -0.15) is 0 Å². The van der Waals surface area contributed by atoms with E-state index in [1.807, 2.05) is 0 Å². The molecule has 0 radical (unpaired) electrons. The van der Waals surface area contributed by atoms with Crippen molar-refractivity contribution in [2.45, 2.75) is 29.8 Å². The lowest BCUT2D eigenvalue weighted by Crippen LogP contribution is -2.49. The number of hydrogen-bond donors (Lipinski definition) is 2. The Morgan fingerprint density at radius 1 is 1.48 bits per heavy atom. The van der Waals surface area contributed by atoms with Crippen molar-refractivity contribution < 1.29 is 17.9 Å². The van der Waals surface area contributed by atoms with Gasteiger partial charge in [0, 0.05) is 18.1 Å². The molecule has 1 fully saturated rings. The third-order valence-corrected chi connectivity index (χ3v) is 5.38. The summed E-state index contributed by atoms with van der Waals surface area (Å²) in [5.74, 6) is -0.365. The van der Waals surface area contributed by atoms with Gasteiger partial charge in [-0.1, -0.05) is 0 Å². The van der Waals surface area contributed by atoms with Crippen LogP contribution in [0.1, 0.15) is 29.6 Å². The number of amides is 1. The highest BCUT2D eigenvalue weighted by atomic mass is 79.9. The zero-order chi connectivity index (χ0) is 15.7. The number of hydrogen-bond acceptors (Lipinski definition) is 4. The molecule has 1 amide bonds. The second kappa shape index (κ2) is 6.04. The molecule has 8 heteroatoms. The minimum Gasteiger partial charge on any atom is -0.376 e. The van der Waals surface area contributed by atoms with Gasteiger partial charge in [0.25, 0.3) is 5.91 Å². The molecule has 1 aliphatic rings.